The van der Waals surface area contributed by atoms with E-state index in [-0.39, 0.29) is 16.9 Å². The second-order valence-corrected chi connectivity index (χ2v) is 8.83. The van der Waals surface area contributed by atoms with Crippen LogP contribution in [0.2, 0.25) is 0 Å². The quantitative estimate of drug-likeness (QED) is 0.712. The number of sulfonamides is 1. The van der Waals surface area contributed by atoms with Crippen molar-refractivity contribution in [2.24, 2.45) is 11.1 Å². The van der Waals surface area contributed by atoms with Crippen molar-refractivity contribution in [3.05, 3.63) is 71.7 Å². The summed E-state index contributed by atoms with van der Waals surface area (Å²) in [4.78, 5) is 4.33. The third-order valence-electron chi connectivity index (χ3n) is 5.84. The number of rotatable bonds is 2. The van der Waals surface area contributed by atoms with Gasteiger partial charge in [-0.2, -0.15) is 0 Å². The summed E-state index contributed by atoms with van der Waals surface area (Å²) in [6, 6.07) is 13.0. The van der Waals surface area contributed by atoms with E-state index in [1.165, 1.54) is 17.7 Å². The fraction of sp³-hybridized carbons (Fsp3) is 0.250. The number of hydrogen-bond acceptors (Lipinski definition) is 4. The van der Waals surface area contributed by atoms with Crippen LogP contribution in [0.3, 0.4) is 0 Å². The van der Waals surface area contributed by atoms with Crippen LogP contribution in [0.5, 0.6) is 0 Å². The third-order valence-corrected chi connectivity index (χ3v) is 6.75. The van der Waals surface area contributed by atoms with E-state index in [4.69, 9.17) is 5.14 Å². The molecule has 1 aliphatic carbocycles. The molecule has 2 aromatic carbocycles. The molecule has 5 rings (SSSR count). The van der Waals surface area contributed by atoms with Gasteiger partial charge in [0.05, 0.1) is 35.3 Å². The summed E-state index contributed by atoms with van der Waals surface area (Å²) in [6.45, 7) is 0. The number of benzene rings is 2. The maximum Gasteiger partial charge on any atom is 0.238 e. The number of fused-ring (bicyclic) bond motifs is 4. The molecule has 0 saturated heterocycles. The molecule has 3 aromatic rings. The van der Waals surface area contributed by atoms with Gasteiger partial charge in [0.15, 0.2) is 0 Å². The summed E-state index contributed by atoms with van der Waals surface area (Å²) >= 11 is 0. The number of aliphatic hydroxyl groups is 1. The van der Waals surface area contributed by atoms with Crippen molar-refractivity contribution in [2.45, 2.75) is 29.9 Å². The Bertz CT molecular complexity index is 1150. The van der Waals surface area contributed by atoms with Crippen LogP contribution < -0.4 is 5.14 Å². The van der Waals surface area contributed by atoms with Gasteiger partial charge >= 0.3 is 0 Å². The molecule has 6 nitrogen and oxygen atoms in total. The molecule has 2 heterocycles. The molecule has 1 aliphatic heterocycles. The lowest BCUT2D eigenvalue weighted by molar-refractivity contribution is 0.0718. The summed E-state index contributed by atoms with van der Waals surface area (Å²) in [6.07, 6.45) is 4.47. The fourth-order valence-corrected chi connectivity index (χ4v) is 5.15. The highest BCUT2D eigenvalue weighted by atomic mass is 32.2. The van der Waals surface area contributed by atoms with Crippen molar-refractivity contribution in [2.75, 3.05) is 0 Å². The monoisotopic (exact) mass is 381 g/mol. The highest BCUT2D eigenvalue weighted by Gasteiger charge is 2.40. The molecule has 0 spiro atoms. The Morgan fingerprint density at radius 1 is 1.15 bits per heavy atom. The van der Waals surface area contributed by atoms with E-state index < -0.39 is 16.1 Å². The van der Waals surface area contributed by atoms with Gasteiger partial charge in [0.25, 0.3) is 0 Å². The molecule has 27 heavy (non-hydrogen) atoms. The van der Waals surface area contributed by atoms with Gasteiger partial charge in [-0.15, -0.1) is 0 Å². The fourth-order valence-electron chi connectivity index (χ4n) is 4.60. The molecule has 0 amide bonds. The van der Waals surface area contributed by atoms with E-state index in [0.29, 0.717) is 5.56 Å². The standard InChI is InChI=1S/C20H19N3O3S/c21-27(25,26)13-7-5-12-6-8-16(20(24)17(12)9-13)19-15-4-2-1-3-14(15)18-10-22-11-23(18)19/h1-5,7,9-11,16,19-20,24H,6,8H2,(H2,21,25,26)/t16-,19?,20+/m1/s1. The minimum Gasteiger partial charge on any atom is -0.388 e. The summed E-state index contributed by atoms with van der Waals surface area (Å²) in [5.74, 6) is -0.0789. The number of aliphatic hydroxyl groups excluding tert-OH is 1. The summed E-state index contributed by atoms with van der Waals surface area (Å²) < 4.78 is 25.6. The number of imidazole rings is 1. The zero-order valence-corrected chi connectivity index (χ0v) is 15.3. The van der Waals surface area contributed by atoms with Crippen molar-refractivity contribution in [3.63, 3.8) is 0 Å². The maximum atomic E-state index is 11.7. The van der Waals surface area contributed by atoms with Gasteiger partial charge in [0, 0.05) is 11.5 Å². The molecule has 1 aromatic heterocycles. The molecular weight excluding hydrogens is 362 g/mol. The predicted octanol–water partition coefficient (Wildman–Crippen LogP) is 2.40. The molecule has 0 bridgehead atoms. The molecule has 0 radical (unpaired) electrons. The van der Waals surface area contributed by atoms with E-state index in [0.717, 1.165) is 29.7 Å². The SMILES string of the molecule is NS(=O)(=O)c1ccc2c(c1)[C@@H](O)[C@@H](C1c3ccccc3-c3cncn31)CC2. The lowest BCUT2D eigenvalue weighted by Gasteiger charge is -2.35. The topological polar surface area (TPSA) is 98.2 Å². The van der Waals surface area contributed by atoms with Crippen LogP contribution in [0.1, 0.15) is 35.3 Å². The number of hydrogen-bond donors (Lipinski definition) is 2. The maximum absolute atomic E-state index is 11.7. The largest absolute Gasteiger partial charge is 0.388 e. The summed E-state index contributed by atoms with van der Waals surface area (Å²) in [7, 11) is -3.81. The average molecular weight is 381 g/mol. The van der Waals surface area contributed by atoms with Gasteiger partial charge < -0.3 is 9.67 Å². The zero-order chi connectivity index (χ0) is 18.8. The number of aromatic nitrogens is 2. The molecule has 0 fully saturated rings. The van der Waals surface area contributed by atoms with Gasteiger partial charge in [0.1, 0.15) is 0 Å². The molecule has 3 N–H and O–H groups in total. The smallest absolute Gasteiger partial charge is 0.238 e. The lowest BCUT2D eigenvalue weighted by Crippen LogP contribution is -2.29. The lowest BCUT2D eigenvalue weighted by atomic mass is 9.76. The summed E-state index contributed by atoms with van der Waals surface area (Å²) in [5, 5.41) is 16.5. The molecule has 0 saturated carbocycles. The van der Waals surface area contributed by atoms with E-state index in [1.807, 2.05) is 24.7 Å². The number of primary sulfonamides is 1. The highest BCUT2D eigenvalue weighted by molar-refractivity contribution is 7.89. The van der Waals surface area contributed by atoms with Crippen LogP contribution in [0.15, 0.2) is 59.9 Å². The minimum absolute atomic E-state index is 0.0278. The first-order valence-corrected chi connectivity index (χ1v) is 10.4. The first-order valence-electron chi connectivity index (χ1n) is 8.90. The van der Waals surface area contributed by atoms with Crippen molar-refractivity contribution in [3.8, 4) is 11.3 Å². The molecule has 138 valence electrons. The second kappa shape index (κ2) is 5.76. The van der Waals surface area contributed by atoms with E-state index in [1.54, 1.807) is 6.07 Å². The Kier molecular flexibility index (Phi) is 3.56. The minimum atomic E-state index is -3.81. The van der Waals surface area contributed by atoms with Crippen molar-refractivity contribution in [1.82, 2.24) is 9.55 Å². The first kappa shape index (κ1) is 16.7. The van der Waals surface area contributed by atoms with E-state index in [9.17, 15) is 13.5 Å². The Morgan fingerprint density at radius 3 is 2.78 bits per heavy atom. The Labute approximate surface area is 157 Å². The molecule has 1 unspecified atom stereocenters. The van der Waals surface area contributed by atoms with E-state index >= 15 is 0 Å². The normalized spacial score (nSPS) is 23.6. The van der Waals surface area contributed by atoms with E-state index in [2.05, 4.69) is 21.7 Å². The van der Waals surface area contributed by atoms with Gasteiger partial charge in [-0.3, -0.25) is 0 Å². The van der Waals surface area contributed by atoms with Crippen molar-refractivity contribution < 1.29 is 13.5 Å². The number of nitrogens with zero attached hydrogens (tertiary/aromatic N) is 2. The van der Waals surface area contributed by atoms with Crippen molar-refractivity contribution >= 4 is 10.0 Å². The van der Waals surface area contributed by atoms with Gasteiger partial charge in [-0.05, 0) is 41.7 Å². The average Bonchev–Trinajstić information content (AvgIpc) is 3.23. The van der Waals surface area contributed by atoms with Gasteiger partial charge in [-0.1, -0.05) is 30.3 Å². The Balaban J connectivity index is 1.61. The van der Waals surface area contributed by atoms with Crippen LogP contribution >= 0.6 is 0 Å². The second-order valence-electron chi connectivity index (χ2n) is 7.27. The molecular formula is C20H19N3O3S. The highest BCUT2D eigenvalue weighted by Crippen LogP contribution is 2.49. The molecule has 2 aliphatic rings. The number of nitrogens with two attached hydrogens (primary N) is 1. The van der Waals surface area contributed by atoms with Crippen molar-refractivity contribution in [1.29, 1.82) is 0 Å². The molecule has 7 heteroatoms. The first-order chi connectivity index (χ1) is 12.9. The predicted molar refractivity (Wildman–Crippen MR) is 100 cm³/mol. The van der Waals surface area contributed by atoms with Gasteiger partial charge in [-0.25, -0.2) is 18.5 Å². The van der Waals surface area contributed by atoms with Crippen LogP contribution in [-0.4, -0.2) is 23.1 Å². The van der Waals surface area contributed by atoms with Gasteiger partial charge in [0.2, 0.25) is 10.0 Å². The van der Waals surface area contributed by atoms with Crippen LogP contribution in [0, 0.1) is 5.92 Å². The van der Waals surface area contributed by atoms with Crippen LogP contribution in [-0.2, 0) is 16.4 Å². The van der Waals surface area contributed by atoms with Crippen LogP contribution in [0.4, 0.5) is 0 Å². The Hall–Kier alpha value is -2.48. The summed E-state index contributed by atoms with van der Waals surface area (Å²) in [5.41, 5.74) is 4.99. The Morgan fingerprint density at radius 2 is 1.96 bits per heavy atom. The third kappa shape index (κ3) is 2.46. The zero-order valence-electron chi connectivity index (χ0n) is 14.5. The van der Waals surface area contributed by atoms with Crippen LogP contribution in [0.25, 0.3) is 11.3 Å². The molecule has 3 atom stereocenters. The number of aryl methyl sites for hydroxylation is 1.